The molecule has 1 aromatic heterocycles. The number of hydrogen-bond acceptors (Lipinski definition) is 7. The van der Waals surface area contributed by atoms with Crippen molar-refractivity contribution in [2.24, 2.45) is 5.14 Å². The van der Waals surface area contributed by atoms with Crippen LogP contribution >= 0.6 is 0 Å². The van der Waals surface area contributed by atoms with Gasteiger partial charge >= 0.3 is 0 Å². The third kappa shape index (κ3) is 4.43. The van der Waals surface area contributed by atoms with Crippen LogP contribution in [0.5, 0.6) is 0 Å². The first-order chi connectivity index (χ1) is 11.9. The van der Waals surface area contributed by atoms with Gasteiger partial charge in [-0.3, -0.25) is 0 Å². The number of aromatic nitrogens is 2. The maximum atomic E-state index is 11.4. The van der Waals surface area contributed by atoms with Crippen molar-refractivity contribution in [3.63, 3.8) is 0 Å². The fourth-order valence-corrected chi connectivity index (χ4v) is 2.64. The van der Waals surface area contributed by atoms with Crippen LogP contribution in [0.15, 0.2) is 65.7 Å². The summed E-state index contributed by atoms with van der Waals surface area (Å²) >= 11 is 0. The normalized spacial score (nSPS) is 11.1. The molecular formula is C16H16N6O2S. The van der Waals surface area contributed by atoms with Gasteiger partial charge in [-0.25, -0.2) is 18.5 Å². The van der Waals surface area contributed by atoms with E-state index in [4.69, 9.17) is 10.9 Å². The van der Waals surface area contributed by atoms with E-state index in [-0.39, 0.29) is 4.90 Å². The zero-order chi connectivity index (χ0) is 17.9. The molecule has 8 nitrogen and oxygen atoms in total. The third-order valence-corrected chi connectivity index (χ3v) is 4.17. The summed E-state index contributed by atoms with van der Waals surface area (Å²) in [5.41, 5.74) is 7.67. The highest BCUT2D eigenvalue weighted by Gasteiger charge is 2.08. The number of benzene rings is 2. The van der Waals surface area contributed by atoms with Gasteiger partial charge in [0.15, 0.2) is 0 Å². The number of nitrogen functional groups attached to an aromatic ring is 1. The van der Waals surface area contributed by atoms with Gasteiger partial charge in [-0.2, -0.15) is 4.98 Å². The molecule has 0 spiro atoms. The van der Waals surface area contributed by atoms with Crippen molar-refractivity contribution in [1.29, 1.82) is 0 Å². The van der Waals surface area contributed by atoms with Crippen LogP contribution in [0.2, 0.25) is 0 Å². The highest BCUT2D eigenvalue weighted by Crippen LogP contribution is 2.20. The van der Waals surface area contributed by atoms with Gasteiger partial charge in [-0.1, -0.05) is 6.07 Å². The van der Waals surface area contributed by atoms with E-state index in [1.54, 1.807) is 36.5 Å². The minimum absolute atomic E-state index is 0.00801. The van der Waals surface area contributed by atoms with Crippen LogP contribution in [-0.2, 0) is 10.0 Å². The molecule has 25 heavy (non-hydrogen) atoms. The summed E-state index contributed by atoms with van der Waals surface area (Å²) in [7, 11) is -3.77. The molecule has 0 unspecified atom stereocenters. The van der Waals surface area contributed by atoms with Crippen LogP contribution in [0.4, 0.5) is 28.8 Å². The number of nitrogens with two attached hydrogens (primary N) is 2. The summed E-state index contributed by atoms with van der Waals surface area (Å²) in [6, 6.07) is 15.0. The zero-order valence-corrected chi connectivity index (χ0v) is 13.9. The van der Waals surface area contributed by atoms with Gasteiger partial charge in [0.2, 0.25) is 16.0 Å². The Morgan fingerprint density at radius 1 is 0.920 bits per heavy atom. The average molecular weight is 356 g/mol. The van der Waals surface area contributed by atoms with Crippen molar-refractivity contribution in [3.05, 3.63) is 60.8 Å². The Morgan fingerprint density at radius 3 is 2.40 bits per heavy atom. The number of nitrogens with one attached hydrogen (secondary N) is 2. The zero-order valence-electron chi connectivity index (χ0n) is 13.0. The summed E-state index contributed by atoms with van der Waals surface area (Å²) in [4.78, 5) is 8.46. The Bertz CT molecular complexity index is 990. The fraction of sp³-hybridized carbons (Fsp3) is 0. The smallest absolute Gasteiger partial charge is 0.238 e. The lowest BCUT2D eigenvalue weighted by Gasteiger charge is -2.09. The predicted octanol–water partition coefficient (Wildman–Crippen LogP) is 2.19. The summed E-state index contributed by atoms with van der Waals surface area (Å²) in [6.07, 6.45) is 1.58. The molecule has 3 aromatic rings. The van der Waals surface area contributed by atoms with E-state index in [1.165, 1.54) is 12.1 Å². The lowest BCUT2D eigenvalue weighted by atomic mass is 10.3. The number of sulfonamides is 1. The Hall–Kier alpha value is -3.17. The Balaban J connectivity index is 1.79. The number of anilines is 5. The monoisotopic (exact) mass is 356 g/mol. The van der Waals surface area contributed by atoms with Gasteiger partial charge in [-0.05, 0) is 48.5 Å². The van der Waals surface area contributed by atoms with Crippen molar-refractivity contribution in [3.8, 4) is 0 Å². The molecule has 0 amide bonds. The van der Waals surface area contributed by atoms with Gasteiger partial charge in [0.25, 0.3) is 0 Å². The van der Waals surface area contributed by atoms with E-state index in [2.05, 4.69) is 20.6 Å². The van der Waals surface area contributed by atoms with E-state index in [0.717, 1.165) is 5.69 Å². The maximum absolute atomic E-state index is 11.4. The molecule has 0 saturated carbocycles. The molecule has 3 rings (SSSR count). The van der Waals surface area contributed by atoms with E-state index in [1.807, 2.05) is 12.1 Å². The standard InChI is InChI=1S/C16H16N6O2S/c17-11-4-6-12(7-5-11)20-15-8-9-19-16(22-15)21-13-2-1-3-14(10-13)25(18,23)24/h1-10H,17H2,(H2,18,23,24)(H2,19,20,21,22). The van der Waals surface area contributed by atoms with Crippen molar-refractivity contribution >= 4 is 38.9 Å². The largest absolute Gasteiger partial charge is 0.399 e. The molecule has 0 atom stereocenters. The Labute approximate surface area is 145 Å². The molecule has 2 aromatic carbocycles. The van der Waals surface area contributed by atoms with Crippen molar-refractivity contribution in [2.45, 2.75) is 4.90 Å². The Morgan fingerprint density at radius 2 is 1.68 bits per heavy atom. The van der Waals surface area contributed by atoms with Gasteiger partial charge < -0.3 is 16.4 Å². The van der Waals surface area contributed by atoms with Gasteiger partial charge in [0.05, 0.1) is 4.90 Å². The third-order valence-electron chi connectivity index (χ3n) is 3.26. The van der Waals surface area contributed by atoms with Crippen LogP contribution in [0.25, 0.3) is 0 Å². The molecular weight excluding hydrogens is 340 g/mol. The average Bonchev–Trinajstić information content (AvgIpc) is 2.57. The lowest BCUT2D eigenvalue weighted by molar-refractivity contribution is 0.598. The highest BCUT2D eigenvalue weighted by atomic mass is 32.2. The second-order valence-electron chi connectivity index (χ2n) is 5.21. The summed E-state index contributed by atoms with van der Waals surface area (Å²) in [6.45, 7) is 0. The van der Waals surface area contributed by atoms with Crippen molar-refractivity contribution in [1.82, 2.24) is 9.97 Å². The molecule has 1 heterocycles. The lowest BCUT2D eigenvalue weighted by Crippen LogP contribution is -2.12. The minimum atomic E-state index is -3.77. The number of nitrogens with zero attached hydrogens (tertiary/aromatic N) is 2. The quantitative estimate of drug-likeness (QED) is 0.514. The van der Waals surface area contributed by atoms with Gasteiger partial charge in [0.1, 0.15) is 5.82 Å². The molecule has 0 radical (unpaired) electrons. The molecule has 0 fully saturated rings. The molecule has 0 aliphatic rings. The summed E-state index contributed by atoms with van der Waals surface area (Å²) in [5.74, 6) is 0.886. The number of hydrogen-bond donors (Lipinski definition) is 4. The van der Waals surface area contributed by atoms with Crippen LogP contribution in [-0.4, -0.2) is 18.4 Å². The molecule has 0 aliphatic carbocycles. The van der Waals surface area contributed by atoms with E-state index in [0.29, 0.717) is 23.1 Å². The van der Waals surface area contributed by atoms with Crippen LogP contribution in [0.1, 0.15) is 0 Å². The van der Waals surface area contributed by atoms with Crippen molar-refractivity contribution < 1.29 is 8.42 Å². The number of primary sulfonamides is 1. The fourth-order valence-electron chi connectivity index (χ4n) is 2.08. The SMILES string of the molecule is Nc1ccc(Nc2ccnc(Nc3cccc(S(N)(=O)=O)c3)n2)cc1. The second kappa shape index (κ2) is 6.75. The van der Waals surface area contributed by atoms with Crippen molar-refractivity contribution in [2.75, 3.05) is 16.4 Å². The van der Waals surface area contributed by atoms with E-state index in [9.17, 15) is 8.42 Å². The van der Waals surface area contributed by atoms with Gasteiger partial charge in [0, 0.05) is 23.3 Å². The van der Waals surface area contributed by atoms with Crippen LogP contribution in [0.3, 0.4) is 0 Å². The van der Waals surface area contributed by atoms with Gasteiger partial charge in [-0.15, -0.1) is 0 Å². The summed E-state index contributed by atoms with van der Waals surface area (Å²) < 4.78 is 22.8. The van der Waals surface area contributed by atoms with Crippen LogP contribution < -0.4 is 21.5 Å². The molecule has 0 bridgehead atoms. The highest BCUT2D eigenvalue weighted by molar-refractivity contribution is 7.89. The maximum Gasteiger partial charge on any atom is 0.238 e. The molecule has 0 saturated heterocycles. The first-order valence-corrected chi connectivity index (χ1v) is 8.80. The van der Waals surface area contributed by atoms with E-state index < -0.39 is 10.0 Å². The summed E-state index contributed by atoms with van der Waals surface area (Å²) in [5, 5.41) is 11.2. The first kappa shape index (κ1) is 16.7. The first-order valence-electron chi connectivity index (χ1n) is 7.26. The minimum Gasteiger partial charge on any atom is -0.399 e. The number of rotatable bonds is 5. The molecule has 0 aliphatic heterocycles. The molecule has 6 N–H and O–H groups in total. The molecule has 9 heteroatoms. The topological polar surface area (TPSA) is 136 Å². The second-order valence-corrected chi connectivity index (χ2v) is 6.77. The van der Waals surface area contributed by atoms with Crippen LogP contribution in [0, 0.1) is 0 Å². The molecule has 128 valence electrons. The Kier molecular flexibility index (Phi) is 4.50. The predicted molar refractivity (Wildman–Crippen MR) is 97.3 cm³/mol. The van der Waals surface area contributed by atoms with E-state index >= 15 is 0 Å².